The largest absolute Gasteiger partial charge is 0.352 e. The third kappa shape index (κ3) is 2.43. The van der Waals surface area contributed by atoms with E-state index in [1.807, 2.05) is 0 Å². The van der Waals surface area contributed by atoms with Gasteiger partial charge in [-0.05, 0) is 25.7 Å². The fourth-order valence-electron chi connectivity index (χ4n) is 1.94. The summed E-state index contributed by atoms with van der Waals surface area (Å²) in [5.41, 5.74) is 0. The third-order valence-electron chi connectivity index (χ3n) is 2.91. The van der Waals surface area contributed by atoms with Crippen molar-refractivity contribution in [2.75, 3.05) is 12.4 Å². The fraction of sp³-hybridized carbons (Fsp3) is 0.800. The second-order valence-electron chi connectivity index (χ2n) is 4.16. The van der Waals surface area contributed by atoms with Gasteiger partial charge in [0.15, 0.2) is 0 Å². The van der Waals surface area contributed by atoms with E-state index in [9.17, 15) is 9.59 Å². The van der Waals surface area contributed by atoms with E-state index < -0.39 is 0 Å². The van der Waals surface area contributed by atoms with Gasteiger partial charge in [0.05, 0.1) is 0 Å². The van der Waals surface area contributed by atoms with E-state index in [2.05, 4.69) is 5.32 Å². The van der Waals surface area contributed by atoms with E-state index in [0.717, 1.165) is 25.7 Å². The van der Waals surface area contributed by atoms with Gasteiger partial charge in [-0.1, -0.05) is 0 Å². The van der Waals surface area contributed by atoms with Gasteiger partial charge in [0, 0.05) is 12.6 Å². The first-order valence-corrected chi connectivity index (χ1v) is 5.91. The number of alkyl halides is 1. The van der Waals surface area contributed by atoms with Gasteiger partial charge in [-0.2, -0.15) is 0 Å². The molecule has 2 rings (SSSR count). The number of nitrogens with zero attached hydrogens (tertiary/aromatic N) is 1. The highest BCUT2D eigenvalue weighted by Crippen LogP contribution is 2.22. The first-order chi connectivity index (χ1) is 7.22. The molecular weight excluding hydrogens is 216 g/mol. The molecule has 0 aromatic rings. The molecule has 2 amide bonds. The Kier molecular flexibility index (Phi) is 3.14. The molecule has 5 heteroatoms. The minimum absolute atomic E-state index is 0.00605. The van der Waals surface area contributed by atoms with E-state index in [0.29, 0.717) is 12.6 Å². The quantitative estimate of drug-likeness (QED) is 0.718. The van der Waals surface area contributed by atoms with Gasteiger partial charge in [0.25, 0.3) is 0 Å². The van der Waals surface area contributed by atoms with Crippen LogP contribution in [0.2, 0.25) is 0 Å². The molecule has 4 nitrogen and oxygen atoms in total. The van der Waals surface area contributed by atoms with Gasteiger partial charge in [-0.3, -0.25) is 9.59 Å². The van der Waals surface area contributed by atoms with Crippen LogP contribution in [0.1, 0.15) is 25.7 Å². The van der Waals surface area contributed by atoms with Crippen molar-refractivity contribution < 1.29 is 9.59 Å². The topological polar surface area (TPSA) is 49.4 Å². The third-order valence-corrected chi connectivity index (χ3v) is 3.14. The van der Waals surface area contributed by atoms with Gasteiger partial charge in [0.2, 0.25) is 11.8 Å². The van der Waals surface area contributed by atoms with E-state index in [1.54, 1.807) is 4.90 Å². The van der Waals surface area contributed by atoms with Gasteiger partial charge in [-0.25, -0.2) is 0 Å². The van der Waals surface area contributed by atoms with Crippen molar-refractivity contribution in [1.82, 2.24) is 10.2 Å². The summed E-state index contributed by atoms with van der Waals surface area (Å²) in [5, 5.41) is 2.93. The summed E-state index contributed by atoms with van der Waals surface area (Å²) in [6, 6.07) is 0.0721. The van der Waals surface area contributed by atoms with Gasteiger partial charge in [-0.15, -0.1) is 11.6 Å². The molecule has 1 unspecified atom stereocenters. The standard InChI is InChI=1S/C10H15ClN2O2/c11-6-9(14)13-5-1-2-8(13)10(15)12-7-3-4-7/h7-8H,1-6H2,(H,12,15). The number of hydrogen-bond donors (Lipinski definition) is 1. The Labute approximate surface area is 93.9 Å². The SMILES string of the molecule is O=C(NC1CC1)C1CCCN1C(=O)CCl. The van der Waals surface area contributed by atoms with Crippen molar-refractivity contribution in [2.45, 2.75) is 37.8 Å². The van der Waals surface area contributed by atoms with Crippen molar-refractivity contribution >= 4 is 23.4 Å². The number of rotatable bonds is 3. The van der Waals surface area contributed by atoms with Crippen LogP contribution in [0.5, 0.6) is 0 Å². The predicted molar refractivity (Wildman–Crippen MR) is 56.6 cm³/mol. The number of nitrogens with one attached hydrogen (secondary N) is 1. The maximum absolute atomic E-state index is 11.8. The summed E-state index contributed by atoms with van der Waals surface area (Å²) in [5.74, 6) is -0.175. The highest BCUT2D eigenvalue weighted by atomic mass is 35.5. The van der Waals surface area contributed by atoms with Crippen molar-refractivity contribution in [1.29, 1.82) is 0 Å². The first-order valence-electron chi connectivity index (χ1n) is 5.38. The summed E-state index contributed by atoms with van der Waals surface area (Å²) in [6.07, 6.45) is 3.80. The predicted octanol–water partition coefficient (Wildman–Crippen LogP) is 0.495. The Morgan fingerprint density at radius 3 is 2.67 bits per heavy atom. The second-order valence-corrected chi connectivity index (χ2v) is 4.43. The van der Waals surface area contributed by atoms with Crippen LogP contribution in [0.15, 0.2) is 0 Å². The van der Waals surface area contributed by atoms with Crippen LogP contribution in [-0.4, -0.2) is 41.2 Å². The van der Waals surface area contributed by atoms with Crippen LogP contribution < -0.4 is 5.32 Å². The molecule has 1 heterocycles. The lowest BCUT2D eigenvalue weighted by Gasteiger charge is -2.22. The molecule has 2 fully saturated rings. The van der Waals surface area contributed by atoms with E-state index in [4.69, 9.17) is 11.6 Å². The highest BCUT2D eigenvalue weighted by Gasteiger charge is 2.35. The van der Waals surface area contributed by atoms with Crippen LogP contribution in [-0.2, 0) is 9.59 Å². The Morgan fingerprint density at radius 1 is 1.33 bits per heavy atom. The second kappa shape index (κ2) is 4.39. The summed E-state index contributed by atoms with van der Waals surface area (Å²) in [4.78, 5) is 24.8. The molecule has 0 radical (unpaired) electrons. The lowest BCUT2D eigenvalue weighted by molar-refractivity contribution is -0.136. The summed E-state index contributed by atoms with van der Waals surface area (Å²) < 4.78 is 0. The molecular formula is C10H15ClN2O2. The van der Waals surface area contributed by atoms with E-state index in [1.165, 1.54) is 0 Å². The number of halogens is 1. The van der Waals surface area contributed by atoms with Gasteiger partial charge >= 0.3 is 0 Å². The van der Waals surface area contributed by atoms with Gasteiger partial charge in [0.1, 0.15) is 11.9 Å². The van der Waals surface area contributed by atoms with Crippen molar-refractivity contribution in [3.63, 3.8) is 0 Å². The number of amides is 2. The van der Waals surface area contributed by atoms with E-state index >= 15 is 0 Å². The Bertz CT molecular complexity index is 279. The van der Waals surface area contributed by atoms with Crippen LogP contribution in [0.4, 0.5) is 0 Å². The molecule has 2 aliphatic rings. The molecule has 1 aliphatic carbocycles. The number of hydrogen-bond acceptors (Lipinski definition) is 2. The lowest BCUT2D eigenvalue weighted by Crippen LogP contribution is -2.46. The van der Waals surface area contributed by atoms with Crippen molar-refractivity contribution in [3.05, 3.63) is 0 Å². The molecule has 1 saturated heterocycles. The summed E-state index contributed by atoms with van der Waals surface area (Å²) in [6.45, 7) is 0.661. The fourth-order valence-corrected chi connectivity index (χ4v) is 2.09. The number of carbonyl (C=O) groups is 2. The molecule has 84 valence electrons. The molecule has 0 aromatic heterocycles. The zero-order valence-corrected chi connectivity index (χ0v) is 9.29. The molecule has 15 heavy (non-hydrogen) atoms. The van der Waals surface area contributed by atoms with Gasteiger partial charge < -0.3 is 10.2 Å². The molecule has 0 spiro atoms. The van der Waals surface area contributed by atoms with E-state index in [-0.39, 0.29) is 23.7 Å². The maximum atomic E-state index is 11.8. The zero-order chi connectivity index (χ0) is 10.8. The zero-order valence-electron chi connectivity index (χ0n) is 8.54. The highest BCUT2D eigenvalue weighted by molar-refractivity contribution is 6.27. The monoisotopic (exact) mass is 230 g/mol. The minimum atomic E-state index is -0.281. The molecule has 1 saturated carbocycles. The first kappa shape index (κ1) is 10.7. The maximum Gasteiger partial charge on any atom is 0.243 e. The molecule has 1 aliphatic heterocycles. The Balaban J connectivity index is 1.93. The van der Waals surface area contributed by atoms with Crippen LogP contribution >= 0.6 is 11.6 Å². The minimum Gasteiger partial charge on any atom is -0.352 e. The molecule has 0 aromatic carbocycles. The Morgan fingerprint density at radius 2 is 2.07 bits per heavy atom. The lowest BCUT2D eigenvalue weighted by atomic mass is 10.2. The molecule has 0 bridgehead atoms. The van der Waals surface area contributed by atoms with Crippen LogP contribution in [0.3, 0.4) is 0 Å². The smallest absolute Gasteiger partial charge is 0.243 e. The van der Waals surface area contributed by atoms with Crippen LogP contribution in [0.25, 0.3) is 0 Å². The molecule has 1 atom stereocenters. The molecule has 1 N–H and O–H groups in total. The number of carbonyl (C=O) groups excluding carboxylic acids is 2. The van der Waals surface area contributed by atoms with Crippen molar-refractivity contribution in [2.24, 2.45) is 0 Å². The summed E-state index contributed by atoms with van der Waals surface area (Å²) in [7, 11) is 0. The average molecular weight is 231 g/mol. The normalized spacial score (nSPS) is 25.4. The van der Waals surface area contributed by atoms with Crippen molar-refractivity contribution in [3.8, 4) is 0 Å². The average Bonchev–Trinajstić information content (AvgIpc) is 2.90. The summed E-state index contributed by atoms with van der Waals surface area (Å²) >= 11 is 5.50. The Hall–Kier alpha value is -0.770. The van der Waals surface area contributed by atoms with Crippen LogP contribution in [0, 0.1) is 0 Å². The number of likely N-dealkylation sites (tertiary alicyclic amines) is 1.